The van der Waals surface area contributed by atoms with Crippen molar-refractivity contribution in [3.63, 3.8) is 0 Å². The van der Waals surface area contributed by atoms with E-state index >= 15 is 0 Å². The van der Waals surface area contributed by atoms with Crippen LogP contribution in [0.1, 0.15) is 15.9 Å². The lowest BCUT2D eigenvalue weighted by Crippen LogP contribution is -2.30. The Hall–Kier alpha value is -2.57. The van der Waals surface area contributed by atoms with Gasteiger partial charge in [0.25, 0.3) is 5.91 Å². The second kappa shape index (κ2) is 7.58. The van der Waals surface area contributed by atoms with E-state index in [1.807, 2.05) is 42.5 Å². The molecule has 0 spiro atoms. The number of nitrogens with zero attached hydrogens (tertiary/aromatic N) is 2. The highest BCUT2D eigenvalue weighted by atomic mass is 79.9. The zero-order valence-corrected chi connectivity index (χ0v) is 16.5. The van der Waals surface area contributed by atoms with Crippen LogP contribution in [0.25, 0.3) is 10.2 Å². The van der Waals surface area contributed by atoms with Gasteiger partial charge in [0.2, 0.25) is 0 Å². The molecule has 27 heavy (non-hydrogen) atoms. The Morgan fingerprint density at radius 1 is 1.04 bits per heavy atom. The molecule has 0 atom stereocenters. The molecule has 0 bridgehead atoms. The predicted octanol–water partition coefficient (Wildman–Crippen LogP) is 6.04. The molecule has 3 nitrogen and oxygen atoms in total. The highest BCUT2D eigenvalue weighted by Crippen LogP contribution is 2.31. The quantitative estimate of drug-likeness (QED) is 0.387. The van der Waals surface area contributed by atoms with Crippen LogP contribution < -0.4 is 4.90 Å². The van der Waals surface area contributed by atoms with Gasteiger partial charge in [0.1, 0.15) is 5.82 Å². The van der Waals surface area contributed by atoms with E-state index in [9.17, 15) is 9.18 Å². The van der Waals surface area contributed by atoms with Crippen LogP contribution in [-0.2, 0) is 6.54 Å². The molecular weight excluding hydrogens is 427 g/mol. The van der Waals surface area contributed by atoms with Crippen LogP contribution >= 0.6 is 27.3 Å². The van der Waals surface area contributed by atoms with Crippen molar-refractivity contribution in [3.05, 3.63) is 94.2 Å². The molecule has 0 aliphatic heterocycles. The number of benzene rings is 3. The Bertz CT molecular complexity index is 1110. The van der Waals surface area contributed by atoms with E-state index < -0.39 is 0 Å². The number of aromatic nitrogens is 1. The first-order valence-corrected chi connectivity index (χ1v) is 9.88. The summed E-state index contributed by atoms with van der Waals surface area (Å²) in [5.41, 5.74) is 2.23. The first-order chi connectivity index (χ1) is 13.1. The van der Waals surface area contributed by atoms with Crippen LogP contribution in [0.2, 0.25) is 0 Å². The summed E-state index contributed by atoms with van der Waals surface area (Å²) < 4.78 is 15.1. The van der Waals surface area contributed by atoms with Gasteiger partial charge in [-0.05, 0) is 42.0 Å². The van der Waals surface area contributed by atoms with E-state index in [1.54, 1.807) is 23.1 Å². The molecule has 134 valence electrons. The second-order valence-corrected chi connectivity index (χ2v) is 7.92. The van der Waals surface area contributed by atoms with Crippen LogP contribution in [0.15, 0.2) is 77.3 Å². The van der Waals surface area contributed by atoms with E-state index in [1.165, 1.54) is 23.5 Å². The first-order valence-electron chi connectivity index (χ1n) is 8.27. The number of fused-ring (bicyclic) bond motifs is 1. The van der Waals surface area contributed by atoms with Crippen molar-refractivity contribution in [3.8, 4) is 0 Å². The van der Waals surface area contributed by atoms with Gasteiger partial charge < -0.3 is 0 Å². The SMILES string of the molecule is O=C(c1cccc(Br)c1)N(Cc1ccccc1)c1nc2ccc(F)cc2s1. The third-order valence-corrected chi connectivity index (χ3v) is 5.60. The van der Waals surface area contributed by atoms with E-state index in [2.05, 4.69) is 20.9 Å². The number of amides is 1. The number of rotatable bonds is 4. The molecule has 0 saturated heterocycles. The molecule has 1 heterocycles. The minimum absolute atomic E-state index is 0.153. The second-order valence-electron chi connectivity index (χ2n) is 6.00. The van der Waals surface area contributed by atoms with Crippen LogP contribution in [0.5, 0.6) is 0 Å². The molecular formula is C21H14BrFN2OS. The fourth-order valence-electron chi connectivity index (χ4n) is 2.77. The minimum Gasteiger partial charge on any atom is -0.279 e. The van der Waals surface area contributed by atoms with Gasteiger partial charge in [0, 0.05) is 10.0 Å². The minimum atomic E-state index is -0.314. The summed E-state index contributed by atoms with van der Waals surface area (Å²) in [4.78, 5) is 19.4. The summed E-state index contributed by atoms with van der Waals surface area (Å²) in [7, 11) is 0. The normalized spacial score (nSPS) is 10.9. The Morgan fingerprint density at radius 2 is 1.85 bits per heavy atom. The Kier molecular flexibility index (Phi) is 5.01. The number of carbonyl (C=O) groups is 1. The monoisotopic (exact) mass is 440 g/mol. The third-order valence-electron chi connectivity index (χ3n) is 4.07. The van der Waals surface area contributed by atoms with Crippen LogP contribution in [-0.4, -0.2) is 10.9 Å². The summed E-state index contributed by atoms with van der Waals surface area (Å²) in [5, 5.41) is 0.546. The van der Waals surface area contributed by atoms with Gasteiger partial charge >= 0.3 is 0 Å². The maximum Gasteiger partial charge on any atom is 0.260 e. The van der Waals surface area contributed by atoms with Gasteiger partial charge in [0.15, 0.2) is 5.13 Å². The number of hydrogen-bond donors (Lipinski definition) is 0. The number of hydrogen-bond acceptors (Lipinski definition) is 3. The maximum absolute atomic E-state index is 13.6. The molecule has 0 N–H and O–H groups in total. The number of anilines is 1. The van der Waals surface area contributed by atoms with Crippen molar-refractivity contribution >= 4 is 48.5 Å². The number of thiazole rings is 1. The summed E-state index contributed by atoms with van der Waals surface area (Å²) in [6.07, 6.45) is 0. The lowest BCUT2D eigenvalue weighted by atomic mass is 10.1. The smallest absolute Gasteiger partial charge is 0.260 e. The van der Waals surface area contributed by atoms with Gasteiger partial charge in [-0.1, -0.05) is 63.7 Å². The largest absolute Gasteiger partial charge is 0.279 e. The molecule has 0 aliphatic carbocycles. The highest BCUT2D eigenvalue weighted by Gasteiger charge is 2.22. The van der Waals surface area contributed by atoms with Crippen molar-refractivity contribution in [2.24, 2.45) is 0 Å². The predicted molar refractivity (Wildman–Crippen MR) is 111 cm³/mol. The fourth-order valence-corrected chi connectivity index (χ4v) is 4.16. The highest BCUT2D eigenvalue weighted by molar-refractivity contribution is 9.10. The van der Waals surface area contributed by atoms with Gasteiger partial charge in [-0.25, -0.2) is 9.37 Å². The average molecular weight is 441 g/mol. The zero-order valence-electron chi connectivity index (χ0n) is 14.1. The summed E-state index contributed by atoms with van der Waals surface area (Å²) in [5.74, 6) is -0.467. The van der Waals surface area contributed by atoms with Gasteiger partial charge in [0.05, 0.1) is 16.8 Å². The standard InChI is InChI=1S/C21H14BrFN2OS/c22-16-8-4-7-15(11-16)20(26)25(13-14-5-2-1-3-6-14)21-24-18-10-9-17(23)12-19(18)27-21/h1-12H,13H2. The average Bonchev–Trinajstić information content (AvgIpc) is 3.09. The molecule has 4 aromatic rings. The van der Waals surface area contributed by atoms with Crippen molar-refractivity contribution in [2.45, 2.75) is 6.54 Å². The third kappa shape index (κ3) is 3.91. The summed E-state index contributed by atoms with van der Waals surface area (Å²) in [6, 6.07) is 21.5. The van der Waals surface area contributed by atoms with Gasteiger partial charge in [-0.3, -0.25) is 9.69 Å². The Labute approximate surface area is 168 Å². The molecule has 0 fully saturated rings. The molecule has 1 aromatic heterocycles. The lowest BCUT2D eigenvalue weighted by molar-refractivity contribution is 0.0985. The molecule has 4 rings (SSSR count). The number of halogens is 2. The topological polar surface area (TPSA) is 33.2 Å². The van der Waals surface area contributed by atoms with Crippen molar-refractivity contribution in [1.29, 1.82) is 0 Å². The zero-order chi connectivity index (χ0) is 18.8. The number of carbonyl (C=O) groups excluding carboxylic acids is 1. The van der Waals surface area contributed by atoms with E-state index in [0.717, 1.165) is 10.0 Å². The summed E-state index contributed by atoms with van der Waals surface area (Å²) in [6.45, 7) is 0.383. The Morgan fingerprint density at radius 3 is 2.63 bits per heavy atom. The van der Waals surface area contributed by atoms with Gasteiger partial charge in [-0.15, -0.1) is 0 Å². The van der Waals surface area contributed by atoms with E-state index in [4.69, 9.17) is 0 Å². The van der Waals surface area contributed by atoms with Crippen LogP contribution in [0, 0.1) is 5.82 Å². The molecule has 6 heteroatoms. The van der Waals surface area contributed by atoms with Crippen molar-refractivity contribution in [1.82, 2.24) is 4.98 Å². The van der Waals surface area contributed by atoms with E-state index in [0.29, 0.717) is 27.5 Å². The Balaban J connectivity index is 1.77. The maximum atomic E-state index is 13.6. The molecule has 3 aromatic carbocycles. The lowest BCUT2D eigenvalue weighted by Gasteiger charge is -2.20. The van der Waals surface area contributed by atoms with Crippen molar-refractivity contribution < 1.29 is 9.18 Å². The van der Waals surface area contributed by atoms with Crippen molar-refractivity contribution in [2.75, 3.05) is 4.90 Å². The van der Waals surface area contributed by atoms with E-state index in [-0.39, 0.29) is 11.7 Å². The molecule has 0 unspecified atom stereocenters. The molecule has 0 radical (unpaired) electrons. The molecule has 1 amide bonds. The van der Waals surface area contributed by atoms with Crippen LogP contribution in [0.3, 0.4) is 0 Å². The fraction of sp³-hybridized carbons (Fsp3) is 0.0476. The first kappa shape index (κ1) is 17.8. The molecule has 0 saturated carbocycles. The molecule has 0 aliphatic rings. The van der Waals surface area contributed by atoms with Gasteiger partial charge in [-0.2, -0.15) is 0 Å². The summed E-state index contributed by atoms with van der Waals surface area (Å²) >= 11 is 4.72. The van der Waals surface area contributed by atoms with Crippen LogP contribution in [0.4, 0.5) is 9.52 Å².